The lowest BCUT2D eigenvalue weighted by Crippen LogP contribution is -2.15. The smallest absolute Gasteiger partial charge is 0.0544 e. The largest absolute Gasteiger partial charge is 0.360 e. The molecule has 0 aliphatic heterocycles. The fraction of sp³-hybridized carbons (Fsp3) is 0.304. The summed E-state index contributed by atoms with van der Waals surface area (Å²) >= 11 is 3.60. The van der Waals surface area contributed by atoms with Crippen LogP contribution in [-0.4, -0.2) is 0 Å². The van der Waals surface area contributed by atoms with Crippen LogP contribution >= 0.6 is 15.9 Å². The van der Waals surface area contributed by atoms with Crippen LogP contribution in [0.15, 0.2) is 65.1 Å². The number of rotatable bonds is 6. The summed E-state index contributed by atoms with van der Waals surface area (Å²) in [6.07, 6.45) is 12.8. The minimum Gasteiger partial charge on any atom is -0.360 e. The summed E-state index contributed by atoms with van der Waals surface area (Å²) in [6, 6.07) is 6.27. The first-order valence-corrected chi connectivity index (χ1v) is 9.55. The Bertz CT molecular complexity index is 819. The molecular weight excluding hydrogens is 384 g/mol. The average Bonchev–Trinajstić information content (AvgIpc) is 2.60. The minimum atomic E-state index is 0.381. The fourth-order valence-electron chi connectivity index (χ4n) is 2.77. The molecule has 0 atom stereocenters. The molecule has 0 fully saturated rings. The number of halogens is 1. The Morgan fingerprint density at radius 1 is 1.31 bits per heavy atom. The van der Waals surface area contributed by atoms with E-state index in [4.69, 9.17) is 6.42 Å². The van der Waals surface area contributed by atoms with Gasteiger partial charge in [0.05, 0.1) is 11.4 Å². The molecular formula is C23H27BrN2. The molecule has 2 nitrogen and oxygen atoms in total. The third-order valence-corrected chi connectivity index (χ3v) is 5.13. The van der Waals surface area contributed by atoms with Gasteiger partial charge < -0.3 is 10.6 Å². The SMILES string of the molecule is C#C/C(C)=C/NC(=C)C(=C)Nc1ccc(Br)cc1C1=CCC(C)(C)CC1. The molecule has 0 aromatic heterocycles. The van der Waals surface area contributed by atoms with Crippen molar-refractivity contribution in [2.45, 2.75) is 40.0 Å². The van der Waals surface area contributed by atoms with Gasteiger partial charge in [-0.3, -0.25) is 0 Å². The van der Waals surface area contributed by atoms with E-state index in [1.54, 1.807) is 6.20 Å². The van der Waals surface area contributed by atoms with Gasteiger partial charge >= 0.3 is 0 Å². The van der Waals surface area contributed by atoms with Gasteiger partial charge in [0.1, 0.15) is 0 Å². The van der Waals surface area contributed by atoms with Crippen molar-refractivity contribution in [2.75, 3.05) is 5.32 Å². The quantitative estimate of drug-likeness (QED) is 0.407. The van der Waals surface area contributed by atoms with Crippen molar-refractivity contribution in [1.82, 2.24) is 5.32 Å². The third-order valence-electron chi connectivity index (χ3n) is 4.64. The van der Waals surface area contributed by atoms with Gasteiger partial charge in [0, 0.05) is 27.5 Å². The van der Waals surface area contributed by atoms with E-state index < -0.39 is 0 Å². The fourth-order valence-corrected chi connectivity index (χ4v) is 3.14. The van der Waals surface area contributed by atoms with E-state index in [0.29, 0.717) is 16.8 Å². The normalized spacial score (nSPS) is 16.3. The Labute approximate surface area is 166 Å². The molecule has 26 heavy (non-hydrogen) atoms. The van der Waals surface area contributed by atoms with Crippen molar-refractivity contribution in [3.05, 3.63) is 70.6 Å². The van der Waals surface area contributed by atoms with Crippen molar-refractivity contribution in [3.63, 3.8) is 0 Å². The highest BCUT2D eigenvalue weighted by atomic mass is 79.9. The summed E-state index contributed by atoms with van der Waals surface area (Å²) in [5.74, 6) is 2.57. The number of anilines is 1. The molecule has 1 aliphatic carbocycles. The highest BCUT2D eigenvalue weighted by Gasteiger charge is 2.23. The zero-order valence-corrected chi connectivity index (χ0v) is 17.5. The van der Waals surface area contributed by atoms with Crippen LogP contribution in [0.1, 0.15) is 45.6 Å². The number of allylic oxidation sites excluding steroid dienone is 3. The minimum absolute atomic E-state index is 0.381. The lowest BCUT2D eigenvalue weighted by atomic mass is 9.77. The third kappa shape index (κ3) is 5.41. The van der Waals surface area contributed by atoms with Crippen LogP contribution in [0.25, 0.3) is 5.57 Å². The Morgan fingerprint density at radius 2 is 2.04 bits per heavy atom. The van der Waals surface area contributed by atoms with Crippen molar-refractivity contribution < 1.29 is 0 Å². The van der Waals surface area contributed by atoms with Gasteiger partial charge in [-0.15, -0.1) is 6.42 Å². The maximum absolute atomic E-state index is 5.36. The maximum Gasteiger partial charge on any atom is 0.0544 e. The predicted molar refractivity (Wildman–Crippen MR) is 117 cm³/mol. The van der Waals surface area contributed by atoms with Crippen LogP contribution < -0.4 is 10.6 Å². The van der Waals surface area contributed by atoms with E-state index >= 15 is 0 Å². The standard InChI is InChI=1S/C23H27BrN2/c1-7-16(2)15-25-17(3)18(4)26-22-9-8-20(24)14-21(22)19-10-12-23(5,6)13-11-19/h1,8-10,14-15,25-26H,3-4,11-13H2,2,5-6H3/b16-15+. The molecule has 1 aliphatic rings. The highest BCUT2D eigenvalue weighted by molar-refractivity contribution is 9.10. The molecule has 1 aromatic rings. The van der Waals surface area contributed by atoms with Crippen molar-refractivity contribution in [3.8, 4) is 12.3 Å². The zero-order valence-electron chi connectivity index (χ0n) is 15.9. The van der Waals surface area contributed by atoms with Crippen LogP contribution in [0, 0.1) is 17.8 Å². The number of hydrogen-bond acceptors (Lipinski definition) is 2. The topological polar surface area (TPSA) is 24.1 Å². The maximum atomic E-state index is 5.36. The van der Waals surface area contributed by atoms with E-state index in [1.807, 2.05) is 13.0 Å². The molecule has 0 spiro atoms. The molecule has 0 saturated carbocycles. The summed E-state index contributed by atoms with van der Waals surface area (Å²) in [6.45, 7) is 14.6. The van der Waals surface area contributed by atoms with Gasteiger partial charge in [-0.2, -0.15) is 0 Å². The second kappa shape index (κ2) is 8.47. The number of benzene rings is 1. The van der Waals surface area contributed by atoms with Gasteiger partial charge in [0.2, 0.25) is 0 Å². The molecule has 3 heteroatoms. The first kappa shape index (κ1) is 20.1. The molecule has 0 radical (unpaired) electrons. The average molecular weight is 411 g/mol. The van der Waals surface area contributed by atoms with Crippen LogP contribution in [-0.2, 0) is 0 Å². The van der Waals surface area contributed by atoms with Crippen LogP contribution in [0.3, 0.4) is 0 Å². The molecule has 2 N–H and O–H groups in total. The van der Waals surface area contributed by atoms with Gasteiger partial charge in [-0.1, -0.05) is 54.9 Å². The second-order valence-electron chi connectivity index (χ2n) is 7.49. The summed E-state index contributed by atoms with van der Waals surface area (Å²) in [5, 5.41) is 6.49. The zero-order chi connectivity index (χ0) is 19.3. The second-order valence-corrected chi connectivity index (χ2v) is 8.40. The van der Waals surface area contributed by atoms with Crippen LogP contribution in [0.2, 0.25) is 0 Å². The molecule has 0 unspecified atom stereocenters. The molecule has 136 valence electrons. The highest BCUT2D eigenvalue weighted by Crippen LogP contribution is 2.40. The summed E-state index contributed by atoms with van der Waals surface area (Å²) in [4.78, 5) is 0. The number of nitrogens with one attached hydrogen (secondary N) is 2. The number of terminal acetylenes is 1. The van der Waals surface area contributed by atoms with Gasteiger partial charge in [-0.25, -0.2) is 0 Å². The molecule has 0 saturated heterocycles. The summed E-state index contributed by atoms with van der Waals surface area (Å²) < 4.78 is 1.07. The molecule has 2 rings (SSSR count). The van der Waals surface area contributed by atoms with Crippen LogP contribution in [0.5, 0.6) is 0 Å². The first-order chi connectivity index (χ1) is 12.2. The van der Waals surface area contributed by atoms with E-state index in [1.165, 1.54) is 17.6 Å². The summed E-state index contributed by atoms with van der Waals surface area (Å²) in [7, 11) is 0. The van der Waals surface area contributed by atoms with E-state index in [9.17, 15) is 0 Å². The van der Waals surface area contributed by atoms with Crippen molar-refractivity contribution >= 4 is 27.2 Å². The molecule has 0 bridgehead atoms. The van der Waals surface area contributed by atoms with Gasteiger partial charge in [0.25, 0.3) is 0 Å². The molecule has 0 amide bonds. The summed E-state index contributed by atoms with van der Waals surface area (Å²) in [5.41, 5.74) is 6.20. The Hall–Kier alpha value is -2.18. The van der Waals surface area contributed by atoms with Crippen LogP contribution in [0.4, 0.5) is 5.69 Å². The number of hydrogen-bond donors (Lipinski definition) is 2. The predicted octanol–water partition coefficient (Wildman–Crippen LogP) is 6.61. The molecule has 1 aromatic carbocycles. The lowest BCUT2D eigenvalue weighted by molar-refractivity contribution is 0.335. The van der Waals surface area contributed by atoms with E-state index in [-0.39, 0.29) is 0 Å². The first-order valence-electron chi connectivity index (χ1n) is 8.76. The van der Waals surface area contributed by atoms with Crippen molar-refractivity contribution in [1.29, 1.82) is 0 Å². The Kier molecular flexibility index (Phi) is 6.56. The lowest BCUT2D eigenvalue weighted by Gasteiger charge is -2.29. The van der Waals surface area contributed by atoms with Crippen molar-refractivity contribution in [2.24, 2.45) is 5.41 Å². The molecule has 0 heterocycles. The Balaban J connectivity index is 2.20. The van der Waals surface area contributed by atoms with E-state index in [2.05, 4.69) is 77.7 Å². The Morgan fingerprint density at radius 3 is 2.65 bits per heavy atom. The van der Waals surface area contributed by atoms with Gasteiger partial charge in [-0.05, 0) is 55.4 Å². The monoisotopic (exact) mass is 410 g/mol. The van der Waals surface area contributed by atoms with Gasteiger partial charge in [0.15, 0.2) is 0 Å². The van der Waals surface area contributed by atoms with E-state index in [0.717, 1.165) is 28.6 Å².